The van der Waals surface area contributed by atoms with E-state index in [0.717, 1.165) is 18.7 Å². The van der Waals surface area contributed by atoms with Crippen LogP contribution in [0.15, 0.2) is 24.3 Å². The Hall–Kier alpha value is -1.71. The number of para-hydroxylation sites is 2. The van der Waals surface area contributed by atoms with Gasteiger partial charge in [0.25, 0.3) is 0 Å². The van der Waals surface area contributed by atoms with Crippen molar-refractivity contribution in [2.45, 2.75) is 20.3 Å². The number of hydrogen-bond donors (Lipinski definition) is 2. The molecular formula is C14H23N3O. The van der Waals surface area contributed by atoms with E-state index < -0.39 is 0 Å². The number of nitrogens with zero attached hydrogens (tertiary/aromatic N) is 1. The minimum absolute atomic E-state index is 0.0291. The van der Waals surface area contributed by atoms with Gasteiger partial charge < -0.3 is 16.0 Å². The zero-order valence-corrected chi connectivity index (χ0v) is 11.4. The number of rotatable bonds is 6. The zero-order chi connectivity index (χ0) is 13.5. The number of hydrogen-bond acceptors (Lipinski definition) is 3. The van der Waals surface area contributed by atoms with Crippen molar-refractivity contribution >= 4 is 17.3 Å². The summed E-state index contributed by atoms with van der Waals surface area (Å²) < 4.78 is 0. The van der Waals surface area contributed by atoms with Crippen LogP contribution >= 0.6 is 0 Å². The third-order valence-electron chi connectivity index (χ3n) is 2.77. The van der Waals surface area contributed by atoms with Crippen LogP contribution in [0.25, 0.3) is 0 Å². The number of nitrogens with one attached hydrogen (secondary N) is 1. The van der Waals surface area contributed by atoms with Crippen LogP contribution in [0.1, 0.15) is 20.3 Å². The van der Waals surface area contributed by atoms with Crippen LogP contribution in [0, 0.1) is 5.92 Å². The Bertz CT molecular complexity index is 390. The first-order valence-corrected chi connectivity index (χ1v) is 6.33. The van der Waals surface area contributed by atoms with Gasteiger partial charge in [-0.1, -0.05) is 26.0 Å². The van der Waals surface area contributed by atoms with Gasteiger partial charge in [-0.25, -0.2) is 0 Å². The molecule has 0 atom stereocenters. The molecule has 0 aromatic heterocycles. The fraction of sp³-hybridized carbons (Fsp3) is 0.500. The third-order valence-corrected chi connectivity index (χ3v) is 2.77. The number of carbonyl (C=O) groups is 1. The largest absolute Gasteiger partial charge is 0.397 e. The van der Waals surface area contributed by atoms with E-state index in [9.17, 15) is 4.79 Å². The first-order valence-electron chi connectivity index (χ1n) is 6.33. The maximum atomic E-state index is 11.7. The summed E-state index contributed by atoms with van der Waals surface area (Å²) in [6.45, 7) is 5.34. The topological polar surface area (TPSA) is 58.4 Å². The normalized spacial score (nSPS) is 10.4. The molecule has 0 unspecified atom stereocenters. The highest BCUT2D eigenvalue weighted by Gasteiger charge is 2.09. The van der Waals surface area contributed by atoms with Gasteiger partial charge in [-0.2, -0.15) is 0 Å². The van der Waals surface area contributed by atoms with Crippen molar-refractivity contribution in [1.82, 2.24) is 5.32 Å². The number of nitrogen functional groups attached to an aromatic ring is 1. The Morgan fingerprint density at radius 1 is 1.39 bits per heavy atom. The van der Waals surface area contributed by atoms with Gasteiger partial charge in [-0.05, 0) is 24.5 Å². The maximum absolute atomic E-state index is 11.7. The summed E-state index contributed by atoms with van der Waals surface area (Å²) in [6.07, 6.45) is 1.00. The van der Waals surface area contributed by atoms with Crippen LogP contribution in [0.2, 0.25) is 0 Å². The predicted octanol–water partition coefficient (Wildman–Crippen LogP) is 1.87. The first kappa shape index (κ1) is 14.4. The van der Waals surface area contributed by atoms with Gasteiger partial charge in [0.1, 0.15) is 0 Å². The lowest BCUT2D eigenvalue weighted by Gasteiger charge is -2.20. The van der Waals surface area contributed by atoms with Crippen molar-refractivity contribution in [3.05, 3.63) is 24.3 Å². The summed E-state index contributed by atoms with van der Waals surface area (Å²) in [4.78, 5) is 13.6. The Balaban J connectivity index is 2.42. The highest BCUT2D eigenvalue weighted by Crippen LogP contribution is 2.20. The van der Waals surface area contributed by atoms with Gasteiger partial charge in [-0.15, -0.1) is 0 Å². The van der Waals surface area contributed by atoms with E-state index in [2.05, 4.69) is 19.2 Å². The SMILES string of the molecule is CC(C)CCNC(=O)CN(C)c1ccccc1N. The molecule has 3 N–H and O–H groups in total. The lowest BCUT2D eigenvalue weighted by atomic mass is 10.1. The number of nitrogens with two attached hydrogens (primary N) is 1. The highest BCUT2D eigenvalue weighted by atomic mass is 16.2. The number of likely N-dealkylation sites (N-methyl/N-ethyl adjacent to an activating group) is 1. The molecule has 4 nitrogen and oxygen atoms in total. The Morgan fingerprint density at radius 2 is 2.06 bits per heavy atom. The van der Waals surface area contributed by atoms with E-state index in [4.69, 9.17) is 5.73 Å². The van der Waals surface area contributed by atoms with Crippen molar-refractivity contribution in [2.75, 3.05) is 30.8 Å². The second-order valence-corrected chi connectivity index (χ2v) is 4.95. The number of anilines is 2. The number of carbonyl (C=O) groups excluding carboxylic acids is 1. The Morgan fingerprint density at radius 3 is 2.67 bits per heavy atom. The summed E-state index contributed by atoms with van der Waals surface area (Å²) in [5.74, 6) is 0.634. The van der Waals surface area contributed by atoms with E-state index in [-0.39, 0.29) is 5.91 Å². The quantitative estimate of drug-likeness (QED) is 0.757. The van der Waals surface area contributed by atoms with Crippen LogP contribution < -0.4 is 16.0 Å². The molecule has 0 aliphatic heterocycles. The molecule has 0 saturated carbocycles. The van der Waals surface area contributed by atoms with E-state index in [1.165, 1.54) is 0 Å². The van der Waals surface area contributed by atoms with Crippen molar-refractivity contribution in [1.29, 1.82) is 0 Å². The lowest BCUT2D eigenvalue weighted by Crippen LogP contribution is -2.36. The van der Waals surface area contributed by atoms with Crippen LogP contribution in [0.5, 0.6) is 0 Å². The molecule has 0 heterocycles. The third kappa shape index (κ3) is 4.65. The van der Waals surface area contributed by atoms with Crippen molar-refractivity contribution < 1.29 is 4.79 Å². The van der Waals surface area contributed by atoms with E-state index >= 15 is 0 Å². The second-order valence-electron chi connectivity index (χ2n) is 4.95. The molecule has 0 spiro atoms. The standard InChI is InChI=1S/C14H23N3O/c1-11(2)8-9-16-14(18)10-17(3)13-7-5-4-6-12(13)15/h4-7,11H,8-10,15H2,1-3H3,(H,16,18). The Kier molecular flexibility index (Phi) is 5.49. The van der Waals surface area contributed by atoms with Crippen molar-refractivity contribution in [3.63, 3.8) is 0 Å². The average Bonchev–Trinajstić information content (AvgIpc) is 2.28. The van der Waals surface area contributed by atoms with Crippen LogP contribution in [0.3, 0.4) is 0 Å². The molecule has 1 amide bonds. The summed E-state index contributed by atoms with van der Waals surface area (Å²) in [6, 6.07) is 7.55. The second kappa shape index (κ2) is 6.89. The fourth-order valence-electron chi connectivity index (χ4n) is 1.69. The Labute approximate surface area is 109 Å². The molecular weight excluding hydrogens is 226 g/mol. The van der Waals surface area contributed by atoms with Gasteiger partial charge in [0, 0.05) is 13.6 Å². The zero-order valence-electron chi connectivity index (χ0n) is 11.4. The molecule has 0 saturated heterocycles. The number of amides is 1. The molecule has 0 fully saturated rings. The van der Waals surface area contributed by atoms with E-state index in [1.54, 1.807) is 0 Å². The molecule has 100 valence electrons. The van der Waals surface area contributed by atoms with E-state index in [1.807, 2.05) is 36.2 Å². The van der Waals surface area contributed by atoms with Crippen LogP contribution in [0.4, 0.5) is 11.4 Å². The molecule has 18 heavy (non-hydrogen) atoms. The van der Waals surface area contributed by atoms with Crippen molar-refractivity contribution in [2.24, 2.45) is 5.92 Å². The molecule has 4 heteroatoms. The lowest BCUT2D eigenvalue weighted by molar-refractivity contribution is -0.119. The minimum atomic E-state index is 0.0291. The molecule has 1 aromatic rings. The maximum Gasteiger partial charge on any atom is 0.239 e. The summed E-state index contributed by atoms with van der Waals surface area (Å²) >= 11 is 0. The minimum Gasteiger partial charge on any atom is -0.397 e. The first-order chi connectivity index (χ1) is 8.50. The molecule has 0 bridgehead atoms. The van der Waals surface area contributed by atoms with Gasteiger partial charge in [-0.3, -0.25) is 4.79 Å². The van der Waals surface area contributed by atoms with Gasteiger partial charge in [0.2, 0.25) is 5.91 Å². The molecule has 1 rings (SSSR count). The summed E-state index contributed by atoms with van der Waals surface area (Å²) in [7, 11) is 1.87. The number of benzene rings is 1. The van der Waals surface area contributed by atoms with E-state index in [0.29, 0.717) is 18.2 Å². The molecule has 0 radical (unpaired) electrons. The smallest absolute Gasteiger partial charge is 0.239 e. The van der Waals surface area contributed by atoms with Crippen LogP contribution in [-0.4, -0.2) is 26.0 Å². The molecule has 0 aliphatic rings. The van der Waals surface area contributed by atoms with Gasteiger partial charge >= 0.3 is 0 Å². The van der Waals surface area contributed by atoms with Gasteiger partial charge in [0.05, 0.1) is 17.9 Å². The predicted molar refractivity (Wildman–Crippen MR) is 76.6 cm³/mol. The monoisotopic (exact) mass is 249 g/mol. The van der Waals surface area contributed by atoms with Gasteiger partial charge in [0.15, 0.2) is 0 Å². The summed E-state index contributed by atoms with van der Waals surface area (Å²) in [5.41, 5.74) is 7.44. The fourth-order valence-corrected chi connectivity index (χ4v) is 1.69. The summed E-state index contributed by atoms with van der Waals surface area (Å²) in [5, 5.41) is 2.91. The molecule has 0 aliphatic carbocycles. The molecule has 1 aromatic carbocycles. The highest BCUT2D eigenvalue weighted by molar-refractivity contribution is 5.82. The van der Waals surface area contributed by atoms with Crippen LogP contribution in [-0.2, 0) is 4.79 Å². The van der Waals surface area contributed by atoms with Crippen molar-refractivity contribution in [3.8, 4) is 0 Å². The average molecular weight is 249 g/mol.